The molecule has 1 aliphatic heterocycles. The number of carbonyl (C=O) groups is 1. The summed E-state index contributed by atoms with van der Waals surface area (Å²) in [5.74, 6) is 2.09. The molecule has 2 aromatic rings. The molecule has 1 aliphatic carbocycles. The Morgan fingerprint density at radius 3 is 2.53 bits per heavy atom. The molecule has 0 amide bonds. The van der Waals surface area contributed by atoms with Crippen molar-refractivity contribution in [3.63, 3.8) is 0 Å². The van der Waals surface area contributed by atoms with Gasteiger partial charge < -0.3 is 14.8 Å². The Bertz CT molecular complexity index is 1040. The molecule has 2 aliphatic rings. The maximum absolute atomic E-state index is 11.7. The monoisotopic (exact) mass is 436 g/mol. The van der Waals surface area contributed by atoms with E-state index in [0.717, 1.165) is 64.7 Å². The number of pyridine rings is 1. The Labute approximate surface area is 191 Å². The Kier molecular flexibility index (Phi) is 6.06. The first-order chi connectivity index (χ1) is 15.1. The van der Waals surface area contributed by atoms with Gasteiger partial charge in [-0.1, -0.05) is 0 Å². The Morgan fingerprint density at radius 1 is 1.19 bits per heavy atom. The van der Waals surface area contributed by atoms with Gasteiger partial charge in [0.1, 0.15) is 17.1 Å². The van der Waals surface area contributed by atoms with Gasteiger partial charge in [0.05, 0.1) is 11.7 Å². The Balaban J connectivity index is 1.74. The van der Waals surface area contributed by atoms with E-state index in [0.29, 0.717) is 5.75 Å². The third-order valence-corrected chi connectivity index (χ3v) is 7.09. The van der Waals surface area contributed by atoms with Gasteiger partial charge in [0.25, 0.3) is 0 Å². The summed E-state index contributed by atoms with van der Waals surface area (Å²) in [6.45, 7) is 14.9. The number of fused-ring (bicyclic) bond motifs is 1. The van der Waals surface area contributed by atoms with Gasteiger partial charge in [-0.2, -0.15) is 0 Å². The number of nitrogens with zero attached hydrogens (tertiary/aromatic N) is 1. The van der Waals surface area contributed by atoms with Crippen LogP contribution >= 0.6 is 0 Å². The summed E-state index contributed by atoms with van der Waals surface area (Å²) in [5.41, 5.74) is 7.04. The average Bonchev–Trinajstić information content (AvgIpc) is 3.53. The number of benzene rings is 1. The largest absolute Gasteiger partial charge is 0.485 e. The van der Waals surface area contributed by atoms with Crippen molar-refractivity contribution in [2.75, 3.05) is 6.54 Å². The van der Waals surface area contributed by atoms with E-state index in [1.54, 1.807) is 0 Å². The van der Waals surface area contributed by atoms with Crippen LogP contribution in [-0.4, -0.2) is 23.1 Å². The summed E-state index contributed by atoms with van der Waals surface area (Å²) < 4.78 is 12.5. The van der Waals surface area contributed by atoms with Crippen LogP contribution in [0.25, 0.3) is 0 Å². The molecule has 2 unspecified atom stereocenters. The van der Waals surface area contributed by atoms with Gasteiger partial charge in [0.2, 0.25) is 0 Å². The molecule has 2 heterocycles. The third kappa shape index (κ3) is 4.40. The molecule has 1 aromatic heterocycles. The second-order valence-electron chi connectivity index (χ2n) is 10.0. The van der Waals surface area contributed by atoms with Gasteiger partial charge in [0, 0.05) is 18.2 Å². The van der Waals surface area contributed by atoms with Crippen molar-refractivity contribution in [3.8, 4) is 11.5 Å². The molecule has 32 heavy (non-hydrogen) atoms. The first-order valence-corrected chi connectivity index (χ1v) is 11.8. The minimum absolute atomic E-state index is 0.00279. The quantitative estimate of drug-likeness (QED) is 0.487. The standard InChI is InChI=1S/C27H36N2O3/c1-15-12-16(2)29-23(13-15)26(28-14-21-8-9-21)27(7)11-10-22-19(5)24(31-20(6)30)17(3)18(4)25(22)32-27/h12-13,21,26,28H,8-11,14H2,1-7H3. The van der Waals surface area contributed by atoms with E-state index >= 15 is 0 Å². The summed E-state index contributed by atoms with van der Waals surface area (Å²) in [6.07, 6.45) is 4.34. The van der Waals surface area contributed by atoms with Crippen molar-refractivity contribution in [3.05, 3.63) is 51.3 Å². The highest BCUT2D eigenvalue weighted by Crippen LogP contribution is 2.47. The number of hydrogen-bond donors (Lipinski definition) is 1. The molecule has 1 saturated carbocycles. The molecule has 4 rings (SSSR count). The van der Waals surface area contributed by atoms with Gasteiger partial charge >= 0.3 is 5.97 Å². The molecule has 0 radical (unpaired) electrons. The number of carbonyl (C=O) groups excluding carboxylic acids is 1. The van der Waals surface area contributed by atoms with Crippen molar-refractivity contribution < 1.29 is 14.3 Å². The highest BCUT2D eigenvalue weighted by Gasteiger charge is 2.43. The van der Waals surface area contributed by atoms with Crippen LogP contribution in [0.3, 0.4) is 0 Å². The van der Waals surface area contributed by atoms with Crippen LogP contribution in [0.15, 0.2) is 12.1 Å². The van der Waals surface area contributed by atoms with Crippen molar-refractivity contribution >= 4 is 5.97 Å². The fourth-order valence-corrected chi connectivity index (χ4v) is 5.01. The van der Waals surface area contributed by atoms with Gasteiger partial charge in [-0.05, 0) is 114 Å². The zero-order valence-electron chi connectivity index (χ0n) is 20.5. The summed E-state index contributed by atoms with van der Waals surface area (Å²) in [4.78, 5) is 16.6. The minimum Gasteiger partial charge on any atom is -0.485 e. The first kappa shape index (κ1) is 22.8. The van der Waals surface area contributed by atoms with Crippen molar-refractivity contribution in [2.24, 2.45) is 5.92 Å². The minimum atomic E-state index is -0.429. The lowest BCUT2D eigenvalue weighted by Gasteiger charge is -2.43. The van der Waals surface area contributed by atoms with E-state index in [9.17, 15) is 4.79 Å². The number of esters is 1. The van der Waals surface area contributed by atoms with Crippen molar-refractivity contribution in [1.29, 1.82) is 0 Å². The van der Waals surface area contributed by atoms with Crippen LogP contribution in [0, 0.1) is 40.5 Å². The van der Waals surface area contributed by atoms with Crippen LogP contribution < -0.4 is 14.8 Å². The topological polar surface area (TPSA) is 60.5 Å². The van der Waals surface area contributed by atoms with E-state index in [4.69, 9.17) is 14.5 Å². The Morgan fingerprint density at radius 2 is 1.91 bits per heavy atom. The molecular formula is C27H36N2O3. The predicted octanol–water partition coefficient (Wildman–Crippen LogP) is 5.37. The van der Waals surface area contributed by atoms with Crippen molar-refractivity contribution in [2.45, 2.75) is 85.8 Å². The van der Waals surface area contributed by atoms with Crippen molar-refractivity contribution in [1.82, 2.24) is 10.3 Å². The van der Waals surface area contributed by atoms with Crippen LogP contribution in [0.2, 0.25) is 0 Å². The lowest BCUT2D eigenvalue weighted by Crippen LogP contribution is -2.49. The third-order valence-electron chi connectivity index (χ3n) is 7.09. The molecule has 0 saturated heterocycles. The lowest BCUT2D eigenvalue weighted by molar-refractivity contribution is -0.132. The summed E-state index contributed by atoms with van der Waals surface area (Å²) >= 11 is 0. The number of hydrogen-bond acceptors (Lipinski definition) is 5. The van der Waals surface area contributed by atoms with Crippen LogP contribution in [0.4, 0.5) is 0 Å². The maximum atomic E-state index is 11.7. The van der Waals surface area contributed by atoms with Crippen LogP contribution in [0.1, 0.15) is 78.4 Å². The molecule has 0 bridgehead atoms. The second-order valence-corrected chi connectivity index (χ2v) is 10.0. The molecule has 5 nitrogen and oxygen atoms in total. The zero-order chi connectivity index (χ0) is 23.2. The van der Waals surface area contributed by atoms with E-state index < -0.39 is 5.60 Å². The van der Waals surface area contributed by atoms with E-state index in [-0.39, 0.29) is 12.0 Å². The SMILES string of the molecule is CC(=O)Oc1c(C)c(C)c2c(c1C)CCC(C)(C(NCC1CC1)c1cc(C)cc(C)n1)O2. The molecule has 172 valence electrons. The number of aryl methyl sites for hydroxylation is 2. The number of ether oxygens (including phenoxy) is 2. The molecule has 1 fully saturated rings. The van der Waals surface area contributed by atoms with E-state index in [2.05, 4.69) is 45.1 Å². The summed E-state index contributed by atoms with van der Waals surface area (Å²) in [7, 11) is 0. The molecule has 1 aromatic carbocycles. The fraction of sp³-hybridized carbons (Fsp3) is 0.556. The molecule has 0 spiro atoms. The fourth-order valence-electron chi connectivity index (χ4n) is 5.01. The summed E-state index contributed by atoms with van der Waals surface area (Å²) in [6, 6.07) is 4.31. The highest BCUT2D eigenvalue weighted by atomic mass is 16.5. The van der Waals surface area contributed by atoms with Gasteiger partial charge in [-0.3, -0.25) is 9.78 Å². The average molecular weight is 437 g/mol. The van der Waals surface area contributed by atoms with E-state index in [1.165, 1.54) is 25.3 Å². The van der Waals surface area contributed by atoms with E-state index in [1.807, 2.05) is 13.8 Å². The lowest BCUT2D eigenvalue weighted by atomic mass is 9.81. The van der Waals surface area contributed by atoms with Gasteiger partial charge in [-0.15, -0.1) is 0 Å². The number of nitrogens with one attached hydrogen (secondary N) is 1. The molecule has 1 N–H and O–H groups in total. The highest BCUT2D eigenvalue weighted by molar-refractivity contribution is 5.72. The summed E-state index contributed by atoms with van der Waals surface area (Å²) in [5, 5.41) is 3.82. The maximum Gasteiger partial charge on any atom is 0.308 e. The molecule has 2 atom stereocenters. The molecular weight excluding hydrogens is 400 g/mol. The number of aromatic nitrogens is 1. The van der Waals surface area contributed by atoms with Crippen LogP contribution in [0.5, 0.6) is 11.5 Å². The Hall–Kier alpha value is -2.40. The van der Waals surface area contributed by atoms with Gasteiger partial charge in [-0.25, -0.2) is 0 Å². The second kappa shape index (κ2) is 8.51. The zero-order valence-corrected chi connectivity index (χ0v) is 20.5. The smallest absolute Gasteiger partial charge is 0.308 e. The number of rotatable bonds is 6. The predicted molar refractivity (Wildman–Crippen MR) is 126 cm³/mol. The molecule has 5 heteroatoms. The first-order valence-electron chi connectivity index (χ1n) is 11.8. The van der Waals surface area contributed by atoms with Gasteiger partial charge in [0.15, 0.2) is 0 Å². The van der Waals surface area contributed by atoms with Crippen LogP contribution in [-0.2, 0) is 11.2 Å². The normalized spacial score (nSPS) is 21.0.